The summed E-state index contributed by atoms with van der Waals surface area (Å²) in [6.07, 6.45) is 3.62. The van der Waals surface area contributed by atoms with Crippen molar-refractivity contribution in [3.05, 3.63) is 29.0 Å². The molecule has 2 rings (SSSR count). The van der Waals surface area contributed by atoms with Gasteiger partial charge < -0.3 is 10.1 Å². The Labute approximate surface area is 125 Å². The summed E-state index contributed by atoms with van der Waals surface area (Å²) in [6.45, 7) is 3.61. The normalized spacial score (nSPS) is 19.9. The Morgan fingerprint density at radius 3 is 3.05 bits per heavy atom. The fourth-order valence-corrected chi connectivity index (χ4v) is 2.74. The van der Waals surface area contributed by atoms with E-state index in [1.807, 2.05) is 0 Å². The number of ether oxygens (including phenoxy) is 1. The molecule has 1 fully saturated rings. The first-order valence-corrected chi connectivity index (χ1v) is 7.53. The first-order chi connectivity index (χ1) is 9.66. The maximum absolute atomic E-state index is 12.9. The fraction of sp³-hybridized carbons (Fsp3) is 0.600. The van der Waals surface area contributed by atoms with Crippen LogP contribution in [0.1, 0.15) is 19.3 Å². The zero-order valence-corrected chi connectivity index (χ0v) is 12.6. The Morgan fingerprint density at radius 1 is 1.40 bits per heavy atom. The smallest absolute Gasteiger partial charge is 0.138 e. The summed E-state index contributed by atoms with van der Waals surface area (Å²) in [5.41, 5.74) is 0. The van der Waals surface area contributed by atoms with Crippen LogP contribution in [0.3, 0.4) is 0 Å². The zero-order chi connectivity index (χ0) is 14.4. The molecule has 1 aromatic carbocycles. The quantitative estimate of drug-likeness (QED) is 0.905. The first-order valence-electron chi connectivity index (χ1n) is 7.15. The van der Waals surface area contributed by atoms with Crippen molar-refractivity contribution in [3.63, 3.8) is 0 Å². The molecule has 1 saturated heterocycles. The second-order valence-electron chi connectivity index (χ2n) is 5.24. The summed E-state index contributed by atoms with van der Waals surface area (Å²) in [7, 11) is 2.13. The predicted octanol–water partition coefficient (Wildman–Crippen LogP) is 2.93. The van der Waals surface area contributed by atoms with Gasteiger partial charge in [-0.2, -0.15) is 0 Å². The number of nitrogens with zero attached hydrogens (tertiary/aromatic N) is 1. The second kappa shape index (κ2) is 7.81. The van der Waals surface area contributed by atoms with Gasteiger partial charge in [0.25, 0.3) is 0 Å². The van der Waals surface area contributed by atoms with Gasteiger partial charge in [-0.3, -0.25) is 4.90 Å². The maximum atomic E-state index is 12.9. The van der Waals surface area contributed by atoms with E-state index in [4.69, 9.17) is 16.3 Å². The molecule has 5 heteroatoms. The van der Waals surface area contributed by atoms with E-state index in [-0.39, 0.29) is 5.82 Å². The van der Waals surface area contributed by atoms with Crippen molar-refractivity contribution < 1.29 is 9.13 Å². The van der Waals surface area contributed by atoms with Crippen molar-refractivity contribution in [2.24, 2.45) is 0 Å². The fourth-order valence-electron chi connectivity index (χ4n) is 2.52. The minimum atomic E-state index is -0.342. The molecule has 1 aliphatic rings. The molecule has 0 aliphatic carbocycles. The van der Waals surface area contributed by atoms with Crippen molar-refractivity contribution in [3.8, 4) is 5.75 Å². The second-order valence-corrected chi connectivity index (χ2v) is 5.65. The Hall–Kier alpha value is -0.840. The highest BCUT2D eigenvalue weighted by Gasteiger charge is 2.16. The zero-order valence-electron chi connectivity index (χ0n) is 11.9. The van der Waals surface area contributed by atoms with E-state index in [2.05, 4.69) is 17.3 Å². The number of rotatable bonds is 5. The summed E-state index contributed by atoms with van der Waals surface area (Å²) >= 11 is 5.93. The average Bonchev–Trinajstić information content (AvgIpc) is 2.70. The summed E-state index contributed by atoms with van der Waals surface area (Å²) in [5.74, 6) is 0.203. The Balaban J connectivity index is 1.76. The topological polar surface area (TPSA) is 24.5 Å². The van der Waals surface area contributed by atoms with E-state index in [0.717, 1.165) is 19.6 Å². The third-order valence-corrected chi connectivity index (χ3v) is 4.06. The minimum Gasteiger partial charge on any atom is -0.491 e. The van der Waals surface area contributed by atoms with Crippen LogP contribution >= 0.6 is 11.6 Å². The maximum Gasteiger partial charge on any atom is 0.138 e. The van der Waals surface area contributed by atoms with E-state index in [0.29, 0.717) is 23.4 Å². The van der Waals surface area contributed by atoms with Gasteiger partial charge in [0.05, 0.1) is 5.02 Å². The van der Waals surface area contributed by atoms with Crippen molar-refractivity contribution in [2.75, 3.05) is 33.3 Å². The van der Waals surface area contributed by atoms with Crippen molar-refractivity contribution in [1.82, 2.24) is 10.2 Å². The Kier molecular flexibility index (Phi) is 6.07. The molecule has 1 N–H and O–H groups in total. The van der Waals surface area contributed by atoms with Crippen LogP contribution in [-0.2, 0) is 0 Å². The van der Waals surface area contributed by atoms with Crippen LogP contribution in [0.2, 0.25) is 5.02 Å². The number of likely N-dealkylation sites (N-methyl/N-ethyl adjacent to an activating group) is 1. The van der Waals surface area contributed by atoms with Gasteiger partial charge in [0.1, 0.15) is 18.2 Å². The molecule has 0 spiro atoms. The molecule has 3 nitrogen and oxygen atoms in total. The molecule has 20 heavy (non-hydrogen) atoms. The van der Waals surface area contributed by atoms with Gasteiger partial charge in [0.2, 0.25) is 0 Å². The molecule has 1 atom stereocenters. The van der Waals surface area contributed by atoms with E-state index in [1.54, 1.807) is 6.07 Å². The van der Waals surface area contributed by atoms with Crippen LogP contribution in [0, 0.1) is 5.82 Å². The molecular weight excluding hydrogens is 279 g/mol. The molecule has 0 saturated carbocycles. The van der Waals surface area contributed by atoms with E-state index < -0.39 is 0 Å². The van der Waals surface area contributed by atoms with Gasteiger partial charge in [-0.15, -0.1) is 0 Å². The first kappa shape index (κ1) is 15.5. The highest BCUT2D eigenvalue weighted by molar-refractivity contribution is 6.32. The van der Waals surface area contributed by atoms with Crippen LogP contribution in [0.5, 0.6) is 5.75 Å². The highest BCUT2D eigenvalue weighted by Crippen LogP contribution is 2.24. The number of benzene rings is 1. The number of hydrogen-bond donors (Lipinski definition) is 1. The van der Waals surface area contributed by atoms with E-state index in [9.17, 15) is 4.39 Å². The molecule has 112 valence electrons. The molecular formula is C15H22ClFN2O. The number of halogens is 2. The van der Waals surface area contributed by atoms with E-state index in [1.165, 1.54) is 31.4 Å². The SMILES string of the molecule is CN(CCOc1ccc(F)cc1Cl)C1CCCNCC1. The van der Waals surface area contributed by atoms with Gasteiger partial charge in [-0.1, -0.05) is 11.6 Å². The molecule has 1 heterocycles. The van der Waals surface area contributed by atoms with Crippen LogP contribution in [-0.4, -0.2) is 44.2 Å². The van der Waals surface area contributed by atoms with Crippen LogP contribution in [0.25, 0.3) is 0 Å². The van der Waals surface area contributed by atoms with Crippen LogP contribution in [0.4, 0.5) is 4.39 Å². The largest absolute Gasteiger partial charge is 0.491 e. The third-order valence-electron chi connectivity index (χ3n) is 3.76. The lowest BCUT2D eigenvalue weighted by molar-refractivity contribution is 0.180. The molecule has 0 amide bonds. The molecule has 0 bridgehead atoms. The van der Waals surface area contributed by atoms with Gasteiger partial charge >= 0.3 is 0 Å². The third kappa shape index (κ3) is 4.62. The lowest BCUT2D eigenvalue weighted by Gasteiger charge is -2.26. The summed E-state index contributed by atoms with van der Waals surface area (Å²) in [4.78, 5) is 2.34. The van der Waals surface area contributed by atoms with Crippen molar-refractivity contribution >= 4 is 11.6 Å². The van der Waals surface area contributed by atoms with Crippen molar-refractivity contribution in [2.45, 2.75) is 25.3 Å². The summed E-state index contributed by atoms with van der Waals surface area (Å²) < 4.78 is 18.6. The van der Waals surface area contributed by atoms with Gasteiger partial charge in [0.15, 0.2) is 0 Å². The Bertz CT molecular complexity index is 422. The summed E-state index contributed by atoms with van der Waals surface area (Å²) in [6, 6.07) is 4.82. The molecule has 1 aliphatic heterocycles. The monoisotopic (exact) mass is 300 g/mol. The molecule has 0 radical (unpaired) electrons. The number of hydrogen-bond acceptors (Lipinski definition) is 3. The van der Waals surface area contributed by atoms with Crippen LogP contribution in [0.15, 0.2) is 18.2 Å². The molecule has 1 aromatic rings. The van der Waals surface area contributed by atoms with E-state index >= 15 is 0 Å². The minimum absolute atomic E-state index is 0.325. The standard InChI is InChI=1S/C15H22ClFN2O/c1-19(13-3-2-7-18-8-6-13)9-10-20-15-5-4-12(17)11-14(15)16/h4-5,11,13,18H,2-3,6-10H2,1H3. The summed E-state index contributed by atoms with van der Waals surface area (Å²) in [5, 5.41) is 3.74. The molecule has 0 aromatic heterocycles. The lowest BCUT2D eigenvalue weighted by atomic mass is 10.1. The van der Waals surface area contributed by atoms with Crippen molar-refractivity contribution in [1.29, 1.82) is 0 Å². The molecule has 1 unspecified atom stereocenters. The number of nitrogens with one attached hydrogen (secondary N) is 1. The average molecular weight is 301 g/mol. The van der Waals surface area contributed by atoms with Gasteiger partial charge in [-0.05, 0) is 57.6 Å². The van der Waals surface area contributed by atoms with Gasteiger partial charge in [0, 0.05) is 12.6 Å². The predicted molar refractivity (Wildman–Crippen MR) is 80.0 cm³/mol. The van der Waals surface area contributed by atoms with Gasteiger partial charge in [-0.25, -0.2) is 4.39 Å². The Morgan fingerprint density at radius 2 is 2.25 bits per heavy atom. The van der Waals surface area contributed by atoms with Crippen LogP contribution < -0.4 is 10.1 Å². The lowest BCUT2D eigenvalue weighted by Crippen LogP contribution is -2.35. The highest BCUT2D eigenvalue weighted by atomic mass is 35.5.